The smallest absolute Gasteiger partial charge is 0.120 e. The highest BCUT2D eigenvalue weighted by molar-refractivity contribution is 8.00. The van der Waals surface area contributed by atoms with Crippen LogP contribution in [0.2, 0.25) is 0 Å². The highest BCUT2D eigenvalue weighted by Crippen LogP contribution is 2.27. The average Bonchev–Trinajstić information content (AvgIpc) is 2.79. The van der Waals surface area contributed by atoms with Crippen molar-refractivity contribution in [1.82, 2.24) is 5.32 Å². The lowest BCUT2D eigenvalue weighted by Gasteiger charge is -2.17. The van der Waals surface area contributed by atoms with E-state index < -0.39 is 0 Å². The fourth-order valence-electron chi connectivity index (χ4n) is 2.08. The first-order chi connectivity index (χ1) is 7.77. The number of nitrogens with one attached hydrogen (secondary N) is 1. The fraction of sp³-hybridized carbons (Fsp3) is 0.538. The Morgan fingerprint density at radius 2 is 2.31 bits per heavy atom. The van der Waals surface area contributed by atoms with Gasteiger partial charge in [-0.3, -0.25) is 0 Å². The van der Waals surface area contributed by atoms with Crippen LogP contribution >= 0.6 is 11.8 Å². The minimum atomic E-state index is 0.224. The number of benzene rings is 1. The van der Waals surface area contributed by atoms with Crippen LogP contribution in [0.5, 0.6) is 5.75 Å². The Bertz CT molecular complexity index is 336. The Kier molecular flexibility index (Phi) is 4.13. The van der Waals surface area contributed by atoms with Crippen molar-refractivity contribution in [2.45, 2.75) is 31.1 Å². The monoisotopic (exact) mass is 237 g/mol. The molecule has 16 heavy (non-hydrogen) atoms. The normalized spacial score (nSPS) is 22.2. The minimum Gasteiger partial charge on any atom is -0.508 e. The zero-order chi connectivity index (χ0) is 11.4. The molecule has 1 aliphatic rings. The van der Waals surface area contributed by atoms with Crippen molar-refractivity contribution in [1.29, 1.82) is 0 Å². The van der Waals surface area contributed by atoms with Crippen molar-refractivity contribution in [3.8, 4) is 5.75 Å². The summed E-state index contributed by atoms with van der Waals surface area (Å²) in [4.78, 5) is 0. The Hall–Kier alpha value is -0.670. The van der Waals surface area contributed by atoms with E-state index in [1.54, 1.807) is 6.07 Å². The summed E-state index contributed by atoms with van der Waals surface area (Å²) in [5, 5.41) is 14.0. The average molecular weight is 237 g/mol. The van der Waals surface area contributed by atoms with Gasteiger partial charge in [-0.15, -0.1) is 0 Å². The van der Waals surface area contributed by atoms with E-state index in [0.717, 1.165) is 17.4 Å². The van der Waals surface area contributed by atoms with E-state index in [4.69, 9.17) is 0 Å². The van der Waals surface area contributed by atoms with Gasteiger partial charge in [0.1, 0.15) is 5.75 Å². The first-order valence-corrected chi connectivity index (χ1v) is 6.95. The van der Waals surface area contributed by atoms with E-state index >= 15 is 0 Å². The van der Waals surface area contributed by atoms with E-state index in [1.165, 1.54) is 18.6 Å². The zero-order valence-corrected chi connectivity index (χ0v) is 10.5. The van der Waals surface area contributed by atoms with Crippen LogP contribution < -0.4 is 5.32 Å². The third kappa shape index (κ3) is 2.92. The molecule has 1 fully saturated rings. The predicted octanol–water partition coefficient (Wildman–Crippen LogP) is 2.94. The Labute approximate surface area is 101 Å². The molecule has 0 spiro atoms. The molecular formula is C13H19NOS. The maximum absolute atomic E-state index is 9.73. The first-order valence-electron chi connectivity index (χ1n) is 5.90. The topological polar surface area (TPSA) is 32.3 Å². The molecule has 0 aromatic heterocycles. The number of hydrogen-bond donors (Lipinski definition) is 2. The molecule has 3 heteroatoms. The third-order valence-corrected chi connectivity index (χ3v) is 4.48. The molecule has 2 nitrogen and oxygen atoms in total. The van der Waals surface area contributed by atoms with Gasteiger partial charge in [-0.05, 0) is 31.6 Å². The van der Waals surface area contributed by atoms with E-state index in [1.807, 2.05) is 18.2 Å². The van der Waals surface area contributed by atoms with Gasteiger partial charge in [0.2, 0.25) is 0 Å². The number of aromatic hydroxyl groups is 1. The summed E-state index contributed by atoms with van der Waals surface area (Å²) < 4.78 is 0. The van der Waals surface area contributed by atoms with Crippen molar-refractivity contribution < 1.29 is 5.11 Å². The molecule has 0 radical (unpaired) electrons. The van der Waals surface area contributed by atoms with Gasteiger partial charge >= 0.3 is 0 Å². The molecular weight excluding hydrogens is 218 g/mol. The molecule has 1 aromatic rings. The van der Waals surface area contributed by atoms with E-state index in [2.05, 4.69) is 24.0 Å². The molecule has 0 amide bonds. The molecule has 0 bridgehead atoms. The molecule has 0 saturated carbocycles. The second-order valence-electron chi connectivity index (χ2n) is 4.32. The quantitative estimate of drug-likeness (QED) is 0.844. The van der Waals surface area contributed by atoms with Gasteiger partial charge in [-0.1, -0.05) is 18.2 Å². The molecule has 1 heterocycles. The van der Waals surface area contributed by atoms with Crippen LogP contribution in [0.3, 0.4) is 0 Å². The number of thioether (sulfide) groups is 1. The summed E-state index contributed by atoms with van der Waals surface area (Å²) in [5.41, 5.74) is 0.991. The lowest BCUT2D eigenvalue weighted by molar-refractivity contribution is 0.452. The van der Waals surface area contributed by atoms with Gasteiger partial charge in [-0.2, -0.15) is 11.8 Å². The lowest BCUT2D eigenvalue weighted by Crippen LogP contribution is -2.26. The summed E-state index contributed by atoms with van der Waals surface area (Å²) >= 11 is 2.06. The first kappa shape index (κ1) is 11.8. The van der Waals surface area contributed by atoms with Crippen LogP contribution in [0.15, 0.2) is 24.3 Å². The summed E-state index contributed by atoms with van der Waals surface area (Å²) in [7, 11) is 0. The zero-order valence-electron chi connectivity index (χ0n) is 9.65. The maximum Gasteiger partial charge on any atom is 0.120 e. The van der Waals surface area contributed by atoms with Crippen LogP contribution in [0, 0.1) is 0 Å². The summed E-state index contributed by atoms with van der Waals surface area (Å²) in [5.74, 6) is 1.69. The molecule has 1 aliphatic heterocycles. The molecule has 1 aromatic carbocycles. The van der Waals surface area contributed by atoms with Crippen molar-refractivity contribution in [3.63, 3.8) is 0 Å². The number of phenolic OH excluding ortho intramolecular Hbond substituents is 1. The van der Waals surface area contributed by atoms with Gasteiger partial charge in [0.05, 0.1) is 0 Å². The number of rotatable bonds is 4. The Morgan fingerprint density at radius 3 is 3.00 bits per heavy atom. The molecule has 88 valence electrons. The van der Waals surface area contributed by atoms with Crippen molar-refractivity contribution in [3.05, 3.63) is 29.8 Å². The lowest BCUT2D eigenvalue weighted by atomic mass is 10.1. The Balaban J connectivity index is 1.87. The van der Waals surface area contributed by atoms with Crippen molar-refractivity contribution >= 4 is 11.8 Å². The van der Waals surface area contributed by atoms with E-state index in [-0.39, 0.29) is 6.04 Å². The van der Waals surface area contributed by atoms with Crippen LogP contribution in [-0.2, 0) is 0 Å². The van der Waals surface area contributed by atoms with Gasteiger partial charge < -0.3 is 10.4 Å². The second-order valence-corrected chi connectivity index (χ2v) is 5.73. The summed E-state index contributed by atoms with van der Waals surface area (Å²) in [6, 6.07) is 7.78. The molecule has 2 N–H and O–H groups in total. The highest BCUT2D eigenvalue weighted by Gasteiger charge is 2.17. The van der Waals surface area contributed by atoms with E-state index in [0.29, 0.717) is 5.75 Å². The van der Waals surface area contributed by atoms with Crippen LogP contribution in [0.4, 0.5) is 0 Å². The third-order valence-electron chi connectivity index (χ3n) is 3.08. The maximum atomic E-state index is 9.73. The van der Waals surface area contributed by atoms with Crippen LogP contribution in [0.25, 0.3) is 0 Å². The molecule has 2 atom stereocenters. The fourth-order valence-corrected chi connectivity index (χ4v) is 3.29. The van der Waals surface area contributed by atoms with Crippen LogP contribution in [0.1, 0.15) is 31.4 Å². The molecule has 0 aliphatic carbocycles. The van der Waals surface area contributed by atoms with Gasteiger partial charge in [0, 0.05) is 23.4 Å². The second kappa shape index (κ2) is 5.60. The van der Waals surface area contributed by atoms with Crippen molar-refractivity contribution in [2.75, 3.05) is 12.3 Å². The van der Waals surface area contributed by atoms with Gasteiger partial charge in [0.25, 0.3) is 0 Å². The van der Waals surface area contributed by atoms with Crippen molar-refractivity contribution in [2.24, 2.45) is 0 Å². The highest BCUT2D eigenvalue weighted by atomic mass is 32.2. The van der Waals surface area contributed by atoms with Gasteiger partial charge in [-0.25, -0.2) is 0 Å². The SMILES string of the molecule is CC(NCC1CCCS1)c1ccccc1O. The van der Waals surface area contributed by atoms with E-state index in [9.17, 15) is 5.11 Å². The molecule has 2 unspecified atom stereocenters. The Morgan fingerprint density at radius 1 is 1.50 bits per heavy atom. The molecule has 1 saturated heterocycles. The standard InChI is InChI=1S/C13H19NOS/c1-10(12-6-2-3-7-13(12)15)14-9-11-5-4-8-16-11/h2-3,6-7,10-11,14-15H,4-5,8-9H2,1H3. The van der Waals surface area contributed by atoms with Crippen LogP contribution in [-0.4, -0.2) is 22.7 Å². The van der Waals surface area contributed by atoms with Gasteiger partial charge in [0.15, 0.2) is 0 Å². The number of hydrogen-bond acceptors (Lipinski definition) is 3. The number of para-hydroxylation sites is 1. The minimum absolute atomic E-state index is 0.224. The summed E-state index contributed by atoms with van der Waals surface area (Å²) in [6.07, 6.45) is 2.67. The largest absolute Gasteiger partial charge is 0.508 e. The predicted molar refractivity (Wildman–Crippen MR) is 70.0 cm³/mol. The molecule has 2 rings (SSSR count). The summed E-state index contributed by atoms with van der Waals surface area (Å²) in [6.45, 7) is 3.15. The number of phenols is 1.